The molecule has 2 aromatic rings. The maximum atomic E-state index is 12.6. The summed E-state index contributed by atoms with van der Waals surface area (Å²) in [5.41, 5.74) is 1.11. The molecule has 0 spiro atoms. The minimum Gasteiger partial charge on any atom is -0.376 e. The lowest BCUT2D eigenvalue weighted by Crippen LogP contribution is -2.44. The molecule has 0 aliphatic carbocycles. The third-order valence-electron chi connectivity index (χ3n) is 5.94. The molecule has 1 atom stereocenters. The maximum Gasteiger partial charge on any atom is 0.222 e. The number of halogens is 1. The van der Waals surface area contributed by atoms with E-state index in [9.17, 15) is 4.79 Å². The monoisotopic (exact) mass is 433 g/mol. The lowest BCUT2D eigenvalue weighted by Gasteiger charge is -2.46. The number of ether oxygens (including phenoxy) is 1. The van der Waals surface area contributed by atoms with Crippen LogP contribution in [0.4, 0.5) is 0 Å². The number of hydrogen-bond acceptors (Lipinski definition) is 3. The molecule has 0 saturated carbocycles. The molecule has 29 heavy (non-hydrogen) atoms. The molecular formula is C24H32ClNO2S. The molecule has 0 unspecified atom stereocenters. The van der Waals surface area contributed by atoms with Gasteiger partial charge < -0.3 is 9.64 Å². The van der Waals surface area contributed by atoms with E-state index in [-0.39, 0.29) is 16.9 Å². The van der Waals surface area contributed by atoms with Crippen molar-refractivity contribution in [2.45, 2.75) is 65.0 Å². The van der Waals surface area contributed by atoms with Gasteiger partial charge in [0.05, 0.1) is 12.1 Å². The molecule has 1 aromatic carbocycles. The van der Waals surface area contributed by atoms with Crippen molar-refractivity contribution in [3.8, 4) is 0 Å². The summed E-state index contributed by atoms with van der Waals surface area (Å²) in [6.07, 6.45) is 4.39. The molecule has 1 aromatic heterocycles. The fourth-order valence-corrected chi connectivity index (χ4v) is 5.49. The fourth-order valence-electron chi connectivity index (χ4n) is 4.56. The predicted octanol–water partition coefficient (Wildman–Crippen LogP) is 6.35. The van der Waals surface area contributed by atoms with E-state index in [1.165, 1.54) is 10.4 Å². The topological polar surface area (TPSA) is 29.5 Å². The zero-order chi connectivity index (χ0) is 20.9. The summed E-state index contributed by atoms with van der Waals surface area (Å²) in [6.45, 7) is 8.52. The second kappa shape index (κ2) is 9.63. The summed E-state index contributed by atoms with van der Waals surface area (Å²) in [5, 5.41) is 2.90. The molecule has 1 aliphatic heterocycles. The minimum absolute atomic E-state index is 0.0778. The van der Waals surface area contributed by atoms with Gasteiger partial charge in [-0.25, -0.2) is 0 Å². The Hall–Kier alpha value is -1.36. The summed E-state index contributed by atoms with van der Waals surface area (Å²) < 4.78 is 6.04. The molecule has 1 amide bonds. The van der Waals surface area contributed by atoms with Crippen LogP contribution in [0.3, 0.4) is 0 Å². The number of hydrogen-bond donors (Lipinski definition) is 0. The summed E-state index contributed by atoms with van der Waals surface area (Å²) in [5.74, 6) is 0.220. The molecular weight excluding hydrogens is 402 g/mol. The van der Waals surface area contributed by atoms with Crippen LogP contribution in [0, 0.1) is 5.41 Å². The van der Waals surface area contributed by atoms with Gasteiger partial charge in [-0.3, -0.25) is 4.79 Å². The van der Waals surface area contributed by atoms with Crippen molar-refractivity contribution in [2.75, 3.05) is 13.2 Å². The number of carbonyl (C=O) groups is 1. The molecule has 0 bridgehead atoms. The first-order valence-electron chi connectivity index (χ1n) is 10.5. The second-order valence-electron chi connectivity index (χ2n) is 8.80. The van der Waals surface area contributed by atoms with Crippen LogP contribution in [0.2, 0.25) is 5.02 Å². The quantitative estimate of drug-likeness (QED) is 0.485. The molecule has 0 N–H and O–H groups in total. The van der Waals surface area contributed by atoms with Crippen molar-refractivity contribution < 1.29 is 9.53 Å². The number of amides is 1. The van der Waals surface area contributed by atoms with Crippen molar-refractivity contribution in [3.63, 3.8) is 0 Å². The molecule has 2 heterocycles. The first-order valence-corrected chi connectivity index (χ1v) is 11.8. The smallest absolute Gasteiger partial charge is 0.222 e. The van der Waals surface area contributed by atoms with Crippen LogP contribution >= 0.6 is 22.9 Å². The minimum atomic E-state index is -0.160. The van der Waals surface area contributed by atoms with Crippen LogP contribution < -0.4 is 0 Å². The lowest BCUT2D eigenvalue weighted by atomic mass is 9.68. The Morgan fingerprint density at radius 1 is 1.24 bits per heavy atom. The van der Waals surface area contributed by atoms with E-state index >= 15 is 0 Å². The van der Waals surface area contributed by atoms with Gasteiger partial charge in [-0.15, -0.1) is 11.3 Å². The Morgan fingerprint density at radius 2 is 2.03 bits per heavy atom. The Balaban J connectivity index is 1.80. The van der Waals surface area contributed by atoms with E-state index in [1.807, 2.05) is 24.0 Å². The van der Waals surface area contributed by atoms with Crippen LogP contribution in [0.1, 0.15) is 56.9 Å². The molecule has 158 valence electrons. The van der Waals surface area contributed by atoms with E-state index in [4.69, 9.17) is 16.3 Å². The Kier molecular flexibility index (Phi) is 7.42. The van der Waals surface area contributed by atoms with E-state index in [0.29, 0.717) is 13.0 Å². The SMILES string of the molecule is CCC(=O)N(CC[C@]1(Cc2ccccc2Cl)CCOC(C)(C)C1)Cc1cccs1. The predicted molar refractivity (Wildman–Crippen MR) is 121 cm³/mol. The van der Waals surface area contributed by atoms with Crippen molar-refractivity contribution in [1.29, 1.82) is 0 Å². The molecule has 3 nitrogen and oxygen atoms in total. The van der Waals surface area contributed by atoms with Gasteiger partial charge in [0.25, 0.3) is 0 Å². The molecule has 5 heteroatoms. The summed E-state index contributed by atoms with van der Waals surface area (Å²) in [6, 6.07) is 12.3. The standard InChI is InChI=1S/C24H32ClNO2S/c1-4-22(27)26(17-20-9-7-15-29-20)13-11-24(12-14-28-23(2,3)18-24)16-19-8-5-6-10-21(19)25/h5-10,15H,4,11-14,16-18H2,1-3H3/t24-/m1/s1. The van der Waals surface area contributed by atoms with Crippen LogP contribution in [0.25, 0.3) is 0 Å². The van der Waals surface area contributed by atoms with E-state index in [0.717, 1.165) is 43.9 Å². The fraction of sp³-hybridized carbons (Fsp3) is 0.542. The highest BCUT2D eigenvalue weighted by Gasteiger charge is 2.41. The van der Waals surface area contributed by atoms with Gasteiger partial charge in [0.2, 0.25) is 5.91 Å². The molecule has 0 radical (unpaired) electrons. The van der Waals surface area contributed by atoms with Crippen molar-refractivity contribution >= 4 is 28.8 Å². The molecule has 1 aliphatic rings. The van der Waals surface area contributed by atoms with Gasteiger partial charge in [-0.2, -0.15) is 0 Å². The highest BCUT2D eigenvalue weighted by Crippen LogP contribution is 2.45. The summed E-state index contributed by atoms with van der Waals surface area (Å²) in [4.78, 5) is 15.9. The zero-order valence-corrected chi connectivity index (χ0v) is 19.3. The van der Waals surface area contributed by atoms with E-state index < -0.39 is 0 Å². The van der Waals surface area contributed by atoms with Gasteiger partial charge in [-0.1, -0.05) is 42.8 Å². The maximum absolute atomic E-state index is 12.6. The largest absolute Gasteiger partial charge is 0.376 e. The van der Waals surface area contributed by atoms with Gasteiger partial charge >= 0.3 is 0 Å². The Bertz CT molecular complexity index is 805. The average Bonchev–Trinajstić information content (AvgIpc) is 3.19. The molecule has 3 rings (SSSR count). The average molecular weight is 434 g/mol. The van der Waals surface area contributed by atoms with Crippen molar-refractivity contribution in [3.05, 3.63) is 57.2 Å². The third kappa shape index (κ3) is 6.07. The van der Waals surface area contributed by atoms with Crippen LogP contribution in [0.5, 0.6) is 0 Å². The van der Waals surface area contributed by atoms with Crippen molar-refractivity contribution in [2.24, 2.45) is 5.41 Å². The third-order valence-corrected chi connectivity index (χ3v) is 7.17. The lowest BCUT2D eigenvalue weighted by molar-refractivity contribution is -0.133. The van der Waals surface area contributed by atoms with E-state index in [2.05, 4.69) is 43.5 Å². The normalized spacial score (nSPS) is 21.1. The van der Waals surface area contributed by atoms with Crippen molar-refractivity contribution in [1.82, 2.24) is 4.90 Å². The second-order valence-corrected chi connectivity index (χ2v) is 10.2. The van der Waals surface area contributed by atoms with Gasteiger partial charge in [0.1, 0.15) is 0 Å². The molecule has 1 fully saturated rings. The Morgan fingerprint density at radius 3 is 2.69 bits per heavy atom. The highest BCUT2D eigenvalue weighted by atomic mass is 35.5. The van der Waals surface area contributed by atoms with Gasteiger partial charge in [0, 0.05) is 29.5 Å². The molecule has 1 saturated heterocycles. The Labute approximate surface area is 184 Å². The van der Waals surface area contributed by atoms with Gasteiger partial charge in [-0.05, 0) is 68.0 Å². The van der Waals surface area contributed by atoms with E-state index in [1.54, 1.807) is 11.3 Å². The van der Waals surface area contributed by atoms with Crippen LogP contribution in [0.15, 0.2) is 41.8 Å². The summed E-state index contributed by atoms with van der Waals surface area (Å²) >= 11 is 8.23. The number of thiophene rings is 1. The van der Waals surface area contributed by atoms with Gasteiger partial charge in [0.15, 0.2) is 0 Å². The summed E-state index contributed by atoms with van der Waals surface area (Å²) in [7, 11) is 0. The number of nitrogens with zero attached hydrogens (tertiary/aromatic N) is 1. The van der Waals surface area contributed by atoms with Crippen LogP contribution in [-0.2, 0) is 22.5 Å². The first kappa shape index (κ1) is 22.3. The van der Waals surface area contributed by atoms with Crippen LogP contribution in [-0.4, -0.2) is 29.6 Å². The highest BCUT2D eigenvalue weighted by molar-refractivity contribution is 7.09. The number of benzene rings is 1. The first-order chi connectivity index (χ1) is 13.8. The number of carbonyl (C=O) groups excluding carboxylic acids is 1. The zero-order valence-electron chi connectivity index (χ0n) is 17.7. The number of rotatable bonds is 8.